The Morgan fingerprint density at radius 2 is 1.95 bits per heavy atom. The monoisotopic (exact) mass is 297 g/mol. The van der Waals surface area contributed by atoms with Crippen LogP contribution >= 0.6 is 11.3 Å². The summed E-state index contributed by atoms with van der Waals surface area (Å²) in [6.07, 6.45) is 1.73. The Balaban J connectivity index is 2.06. The Morgan fingerprint density at radius 3 is 2.67 bits per heavy atom. The van der Waals surface area contributed by atoms with Crippen LogP contribution < -0.4 is 11.1 Å². The van der Waals surface area contributed by atoms with Gasteiger partial charge in [-0.3, -0.25) is 4.98 Å². The van der Waals surface area contributed by atoms with Crippen molar-refractivity contribution < 1.29 is 0 Å². The third-order valence-electron chi connectivity index (χ3n) is 3.62. The summed E-state index contributed by atoms with van der Waals surface area (Å²) in [4.78, 5) is 5.72. The van der Waals surface area contributed by atoms with Gasteiger partial charge in [0.2, 0.25) is 0 Å². The van der Waals surface area contributed by atoms with Gasteiger partial charge in [0.15, 0.2) is 0 Å². The van der Waals surface area contributed by atoms with Gasteiger partial charge in [0.25, 0.3) is 0 Å². The summed E-state index contributed by atoms with van der Waals surface area (Å²) in [6, 6.07) is 12.6. The molecule has 3 rings (SSSR count). The lowest BCUT2D eigenvalue weighted by Gasteiger charge is -2.24. The Labute approximate surface area is 128 Å². The van der Waals surface area contributed by atoms with E-state index >= 15 is 0 Å². The van der Waals surface area contributed by atoms with Gasteiger partial charge in [-0.1, -0.05) is 38.1 Å². The van der Waals surface area contributed by atoms with E-state index in [1.54, 1.807) is 17.5 Å². The molecule has 1 atom stereocenters. The van der Waals surface area contributed by atoms with Crippen molar-refractivity contribution in [1.82, 2.24) is 4.98 Å². The van der Waals surface area contributed by atoms with E-state index in [2.05, 4.69) is 47.7 Å². The van der Waals surface area contributed by atoms with Crippen molar-refractivity contribution in [3.63, 3.8) is 0 Å². The van der Waals surface area contributed by atoms with Crippen LogP contribution in [0.25, 0.3) is 10.9 Å². The van der Waals surface area contributed by atoms with Gasteiger partial charge in [-0.25, -0.2) is 0 Å². The number of para-hydroxylation sites is 1. The standard InChI is InChI=1S/C17H19N3S/c1-11(2)16(15-8-5-9-21-15)20-17-12-6-3-4-7-14(12)19-10-13(17)18/h3-11,16H,18H2,1-2H3,(H,19,20). The van der Waals surface area contributed by atoms with Crippen LogP contribution in [0.2, 0.25) is 0 Å². The summed E-state index contributed by atoms with van der Waals surface area (Å²) in [5.74, 6) is 0.468. The molecule has 0 spiro atoms. The van der Waals surface area contributed by atoms with Crippen LogP contribution in [0.15, 0.2) is 48.0 Å². The highest BCUT2D eigenvalue weighted by Gasteiger charge is 2.19. The predicted octanol–water partition coefficient (Wildman–Crippen LogP) is 4.69. The Morgan fingerprint density at radius 1 is 1.14 bits per heavy atom. The summed E-state index contributed by atoms with van der Waals surface area (Å²) < 4.78 is 0. The van der Waals surface area contributed by atoms with Crippen LogP contribution in [0.5, 0.6) is 0 Å². The van der Waals surface area contributed by atoms with Gasteiger partial charge in [0.05, 0.1) is 29.1 Å². The number of aromatic nitrogens is 1. The van der Waals surface area contributed by atoms with Crippen molar-refractivity contribution in [2.75, 3.05) is 11.1 Å². The van der Waals surface area contributed by atoms with Crippen molar-refractivity contribution in [2.45, 2.75) is 19.9 Å². The first-order valence-electron chi connectivity index (χ1n) is 7.10. The Hall–Kier alpha value is -2.07. The van der Waals surface area contributed by atoms with E-state index in [9.17, 15) is 0 Å². The average molecular weight is 297 g/mol. The number of hydrogen-bond acceptors (Lipinski definition) is 4. The van der Waals surface area contributed by atoms with Gasteiger partial charge in [0, 0.05) is 10.3 Å². The normalized spacial score (nSPS) is 12.7. The van der Waals surface area contributed by atoms with Gasteiger partial charge in [-0.15, -0.1) is 11.3 Å². The molecule has 108 valence electrons. The number of nitrogens with zero attached hydrogens (tertiary/aromatic N) is 1. The molecule has 4 heteroatoms. The van der Waals surface area contributed by atoms with Crippen molar-refractivity contribution >= 4 is 33.6 Å². The Kier molecular flexibility index (Phi) is 3.80. The van der Waals surface area contributed by atoms with E-state index in [4.69, 9.17) is 5.73 Å². The smallest absolute Gasteiger partial charge is 0.0743 e. The van der Waals surface area contributed by atoms with Crippen molar-refractivity contribution in [2.24, 2.45) is 5.92 Å². The predicted molar refractivity (Wildman–Crippen MR) is 91.7 cm³/mol. The lowest BCUT2D eigenvalue weighted by molar-refractivity contribution is 0.554. The molecule has 3 N–H and O–H groups in total. The number of pyridine rings is 1. The molecule has 1 aromatic carbocycles. The number of nitrogen functional groups attached to an aromatic ring is 1. The third-order valence-corrected chi connectivity index (χ3v) is 4.58. The molecule has 0 fully saturated rings. The fourth-order valence-corrected chi connectivity index (χ4v) is 3.46. The molecule has 0 saturated carbocycles. The van der Waals surface area contributed by atoms with Gasteiger partial charge in [0.1, 0.15) is 0 Å². The van der Waals surface area contributed by atoms with Gasteiger partial charge in [-0.05, 0) is 23.4 Å². The first kappa shape index (κ1) is 13.9. The maximum Gasteiger partial charge on any atom is 0.0743 e. The fourth-order valence-electron chi connectivity index (χ4n) is 2.51. The molecular weight excluding hydrogens is 278 g/mol. The lowest BCUT2D eigenvalue weighted by atomic mass is 10.0. The molecular formula is C17H19N3S. The number of nitrogens with two attached hydrogens (primary N) is 1. The molecule has 21 heavy (non-hydrogen) atoms. The first-order valence-corrected chi connectivity index (χ1v) is 7.98. The topological polar surface area (TPSA) is 50.9 Å². The molecule has 1 unspecified atom stereocenters. The van der Waals surface area contributed by atoms with Crippen molar-refractivity contribution in [1.29, 1.82) is 0 Å². The largest absolute Gasteiger partial charge is 0.396 e. The molecule has 0 saturated heterocycles. The average Bonchev–Trinajstić information content (AvgIpc) is 3.00. The second kappa shape index (κ2) is 5.74. The number of hydrogen-bond donors (Lipinski definition) is 2. The maximum atomic E-state index is 6.17. The third kappa shape index (κ3) is 2.72. The zero-order valence-electron chi connectivity index (χ0n) is 12.2. The van der Waals surface area contributed by atoms with Gasteiger partial charge in [-0.2, -0.15) is 0 Å². The van der Waals surface area contributed by atoms with Crippen LogP contribution in [0, 0.1) is 5.92 Å². The van der Waals surface area contributed by atoms with Crippen LogP contribution in [0.1, 0.15) is 24.8 Å². The van der Waals surface area contributed by atoms with Gasteiger partial charge < -0.3 is 11.1 Å². The quantitative estimate of drug-likeness (QED) is 0.734. The second-order valence-corrected chi connectivity index (χ2v) is 6.47. The second-order valence-electron chi connectivity index (χ2n) is 5.49. The number of anilines is 2. The van der Waals surface area contributed by atoms with Crippen LogP contribution in [0.4, 0.5) is 11.4 Å². The van der Waals surface area contributed by atoms with E-state index in [0.717, 1.165) is 16.6 Å². The maximum absolute atomic E-state index is 6.17. The van der Waals surface area contributed by atoms with E-state index in [-0.39, 0.29) is 6.04 Å². The lowest BCUT2D eigenvalue weighted by Crippen LogP contribution is -2.17. The minimum absolute atomic E-state index is 0.248. The molecule has 3 nitrogen and oxygen atoms in total. The summed E-state index contributed by atoms with van der Waals surface area (Å²) in [6.45, 7) is 4.44. The Bertz CT molecular complexity index is 735. The zero-order chi connectivity index (χ0) is 14.8. The number of nitrogens with one attached hydrogen (secondary N) is 1. The molecule has 0 aliphatic heterocycles. The molecule has 0 bridgehead atoms. The SMILES string of the molecule is CC(C)C(Nc1c(N)cnc2ccccc12)c1cccs1. The van der Waals surface area contributed by atoms with E-state index < -0.39 is 0 Å². The molecule has 2 aromatic heterocycles. The van der Waals surface area contributed by atoms with Crippen LogP contribution in [-0.2, 0) is 0 Å². The highest BCUT2D eigenvalue weighted by molar-refractivity contribution is 7.10. The van der Waals surface area contributed by atoms with E-state index in [1.165, 1.54) is 4.88 Å². The molecule has 0 amide bonds. The summed E-state index contributed by atoms with van der Waals surface area (Å²) >= 11 is 1.77. The summed E-state index contributed by atoms with van der Waals surface area (Å²) in [5.41, 5.74) is 8.80. The number of rotatable bonds is 4. The molecule has 0 aliphatic rings. The molecule has 0 radical (unpaired) electrons. The minimum atomic E-state index is 0.248. The van der Waals surface area contributed by atoms with Crippen LogP contribution in [0.3, 0.4) is 0 Å². The van der Waals surface area contributed by atoms with E-state index in [1.807, 2.05) is 18.2 Å². The number of benzene rings is 1. The molecule has 2 heterocycles. The fraction of sp³-hybridized carbons (Fsp3) is 0.235. The first-order chi connectivity index (χ1) is 10.2. The molecule has 3 aromatic rings. The highest BCUT2D eigenvalue weighted by atomic mass is 32.1. The van der Waals surface area contributed by atoms with Crippen molar-refractivity contribution in [3.05, 3.63) is 52.9 Å². The molecule has 0 aliphatic carbocycles. The van der Waals surface area contributed by atoms with E-state index in [0.29, 0.717) is 11.6 Å². The van der Waals surface area contributed by atoms with Crippen LogP contribution in [-0.4, -0.2) is 4.98 Å². The minimum Gasteiger partial charge on any atom is -0.396 e. The highest BCUT2D eigenvalue weighted by Crippen LogP contribution is 2.35. The van der Waals surface area contributed by atoms with Gasteiger partial charge >= 0.3 is 0 Å². The number of fused-ring (bicyclic) bond motifs is 1. The van der Waals surface area contributed by atoms with Crippen molar-refractivity contribution in [3.8, 4) is 0 Å². The zero-order valence-corrected chi connectivity index (χ0v) is 13.0. The number of thiophene rings is 1. The summed E-state index contributed by atoms with van der Waals surface area (Å²) in [5, 5.41) is 6.82. The summed E-state index contributed by atoms with van der Waals surface area (Å²) in [7, 11) is 0.